The third kappa shape index (κ3) is 3.95. The molecule has 5 nitrogen and oxygen atoms in total. The standard InChI is InChI=1S/C19H19FN2O3/c1-12-7-16(17(9-21)19(23)22-12)13-4-5-14(18(20)8-13)10-24-11-15-3-2-6-25-15/h4-5,7-8,15H,2-3,6,10-11H2,1H3,(H,22,23). The number of aromatic nitrogens is 1. The van der Waals surface area contributed by atoms with Gasteiger partial charge in [0, 0.05) is 23.4 Å². The zero-order valence-electron chi connectivity index (χ0n) is 14.0. The van der Waals surface area contributed by atoms with E-state index in [0.29, 0.717) is 29.0 Å². The number of halogens is 1. The number of hydrogen-bond donors (Lipinski definition) is 1. The number of nitrogens with zero attached hydrogens (tertiary/aromatic N) is 1. The maximum atomic E-state index is 14.4. The average Bonchev–Trinajstić information content (AvgIpc) is 3.09. The van der Waals surface area contributed by atoms with E-state index in [0.717, 1.165) is 19.4 Å². The van der Waals surface area contributed by atoms with Crippen molar-refractivity contribution in [2.75, 3.05) is 13.2 Å². The van der Waals surface area contributed by atoms with Crippen molar-refractivity contribution in [1.82, 2.24) is 4.98 Å². The molecule has 0 amide bonds. The van der Waals surface area contributed by atoms with Crippen molar-refractivity contribution in [1.29, 1.82) is 5.26 Å². The van der Waals surface area contributed by atoms with Gasteiger partial charge in [-0.05, 0) is 37.5 Å². The summed E-state index contributed by atoms with van der Waals surface area (Å²) < 4.78 is 25.4. The van der Waals surface area contributed by atoms with Crippen LogP contribution in [0.5, 0.6) is 0 Å². The van der Waals surface area contributed by atoms with E-state index in [1.54, 1.807) is 25.1 Å². The number of hydrogen-bond acceptors (Lipinski definition) is 4. The third-order valence-corrected chi connectivity index (χ3v) is 4.23. The van der Waals surface area contributed by atoms with Crippen molar-refractivity contribution in [2.45, 2.75) is 32.5 Å². The number of ether oxygens (including phenoxy) is 2. The lowest BCUT2D eigenvalue weighted by atomic mass is 9.99. The average molecular weight is 342 g/mol. The molecule has 0 aliphatic carbocycles. The van der Waals surface area contributed by atoms with Crippen molar-refractivity contribution in [3.8, 4) is 17.2 Å². The summed E-state index contributed by atoms with van der Waals surface area (Å²) in [5.74, 6) is -0.424. The molecule has 1 N–H and O–H groups in total. The van der Waals surface area contributed by atoms with Crippen LogP contribution < -0.4 is 5.56 Å². The van der Waals surface area contributed by atoms with Gasteiger partial charge in [0.15, 0.2) is 0 Å². The van der Waals surface area contributed by atoms with Crippen LogP contribution in [0.1, 0.15) is 29.7 Å². The predicted octanol–water partition coefficient (Wildman–Crippen LogP) is 3.06. The first-order valence-corrected chi connectivity index (χ1v) is 8.20. The van der Waals surface area contributed by atoms with Crippen LogP contribution in [0.15, 0.2) is 29.1 Å². The molecular weight excluding hydrogens is 323 g/mol. The predicted molar refractivity (Wildman–Crippen MR) is 90.5 cm³/mol. The minimum absolute atomic E-state index is 0.0209. The maximum absolute atomic E-state index is 14.4. The lowest BCUT2D eigenvalue weighted by Gasteiger charge is -2.11. The molecule has 1 aliphatic heterocycles. The lowest BCUT2D eigenvalue weighted by Crippen LogP contribution is -2.14. The molecule has 1 atom stereocenters. The largest absolute Gasteiger partial charge is 0.376 e. The van der Waals surface area contributed by atoms with Crippen molar-refractivity contribution >= 4 is 0 Å². The first-order valence-electron chi connectivity index (χ1n) is 8.20. The van der Waals surface area contributed by atoms with Crippen LogP contribution in [0, 0.1) is 24.1 Å². The van der Waals surface area contributed by atoms with Gasteiger partial charge < -0.3 is 14.5 Å². The SMILES string of the molecule is Cc1cc(-c2ccc(COCC3CCCO3)c(F)c2)c(C#N)c(=O)[nH]1. The number of benzene rings is 1. The summed E-state index contributed by atoms with van der Waals surface area (Å²) in [6, 6.07) is 8.21. The second-order valence-corrected chi connectivity index (χ2v) is 6.14. The quantitative estimate of drug-likeness (QED) is 0.906. The number of rotatable bonds is 5. The molecule has 3 rings (SSSR count). The van der Waals surface area contributed by atoms with Crippen LogP contribution in [0.3, 0.4) is 0 Å². The van der Waals surface area contributed by atoms with Gasteiger partial charge in [0.25, 0.3) is 5.56 Å². The summed E-state index contributed by atoms with van der Waals surface area (Å²) >= 11 is 0. The number of pyridine rings is 1. The van der Waals surface area contributed by atoms with Crippen LogP contribution in [-0.4, -0.2) is 24.3 Å². The molecule has 0 radical (unpaired) electrons. The van der Waals surface area contributed by atoms with Crippen molar-refractivity contribution in [3.63, 3.8) is 0 Å². The Hall–Kier alpha value is -2.49. The number of nitriles is 1. The molecule has 130 valence electrons. The summed E-state index contributed by atoms with van der Waals surface area (Å²) in [6.45, 7) is 3.09. The van der Waals surface area contributed by atoms with Gasteiger partial charge in [-0.1, -0.05) is 12.1 Å². The Balaban J connectivity index is 1.78. The van der Waals surface area contributed by atoms with Crippen LogP contribution in [0.25, 0.3) is 11.1 Å². The highest BCUT2D eigenvalue weighted by Gasteiger charge is 2.16. The molecule has 0 spiro atoms. The highest BCUT2D eigenvalue weighted by Crippen LogP contribution is 2.24. The number of aromatic amines is 1. The third-order valence-electron chi connectivity index (χ3n) is 4.23. The van der Waals surface area contributed by atoms with Crippen molar-refractivity contribution in [2.24, 2.45) is 0 Å². The second kappa shape index (κ2) is 7.60. The normalized spacial score (nSPS) is 16.8. The highest BCUT2D eigenvalue weighted by atomic mass is 19.1. The molecule has 1 aromatic heterocycles. The van der Waals surface area contributed by atoms with Gasteiger partial charge in [0.2, 0.25) is 0 Å². The Morgan fingerprint density at radius 1 is 1.44 bits per heavy atom. The molecule has 2 aromatic rings. The van der Waals surface area contributed by atoms with Crippen LogP contribution in [0.2, 0.25) is 0 Å². The summed E-state index contributed by atoms with van der Waals surface area (Å²) in [5, 5.41) is 9.20. The molecule has 6 heteroatoms. The van der Waals surface area contributed by atoms with Gasteiger partial charge in [-0.3, -0.25) is 4.79 Å². The van der Waals surface area contributed by atoms with Crippen LogP contribution in [0.4, 0.5) is 4.39 Å². The van der Waals surface area contributed by atoms with Gasteiger partial charge in [-0.2, -0.15) is 5.26 Å². The Kier molecular flexibility index (Phi) is 5.27. The highest BCUT2D eigenvalue weighted by molar-refractivity contribution is 5.70. The van der Waals surface area contributed by atoms with Crippen molar-refractivity contribution in [3.05, 3.63) is 57.3 Å². The summed E-state index contributed by atoms with van der Waals surface area (Å²) in [7, 11) is 0. The fraction of sp³-hybridized carbons (Fsp3) is 0.368. The molecule has 25 heavy (non-hydrogen) atoms. The zero-order chi connectivity index (χ0) is 17.8. The van der Waals surface area contributed by atoms with Gasteiger partial charge in [-0.25, -0.2) is 4.39 Å². The Morgan fingerprint density at radius 2 is 2.28 bits per heavy atom. The first kappa shape index (κ1) is 17.3. The summed E-state index contributed by atoms with van der Waals surface area (Å²) in [5.41, 5.74) is 1.47. The zero-order valence-corrected chi connectivity index (χ0v) is 14.0. The maximum Gasteiger partial charge on any atom is 0.266 e. The fourth-order valence-corrected chi connectivity index (χ4v) is 2.94. The minimum atomic E-state index is -0.470. The molecule has 0 bridgehead atoms. The van der Waals surface area contributed by atoms with Gasteiger partial charge in [0.05, 0.1) is 19.3 Å². The monoisotopic (exact) mass is 342 g/mol. The van der Waals surface area contributed by atoms with Crippen LogP contribution in [-0.2, 0) is 16.1 Å². The summed E-state index contributed by atoms with van der Waals surface area (Å²) in [4.78, 5) is 14.5. The molecule has 0 saturated carbocycles. The number of aryl methyl sites for hydroxylation is 1. The second-order valence-electron chi connectivity index (χ2n) is 6.14. The van der Waals surface area contributed by atoms with Gasteiger partial charge in [-0.15, -0.1) is 0 Å². The van der Waals surface area contributed by atoms with E-state index in [9.17, 15) is 14.4 Å². The molecule has 2 heterocycles. The molecule has 1 aliphatic rings. The van der Waals surface area contributed by atoms with E-state index >= 15 is 0 Å². The number of H-pyrrole nitrogens is 1. The Labute approximate surface area is 145 Å². The molecule has 1 saturated heterocycles. The molecule has 1 fully saturated rings. The molecular formula is C19H19FN2O3. The van der Waals surface area contributed by atoms with E-state index in [2.05, 4.69) is 4.98 Å². The Morgan fingerprint density at radius 3 is 2.96 bits per heavy atom. The van der Waals surface area contributed by atoms with E-state index in [4.69, 9.17) is 9.47 Å². The van der Waals surface area contributed by atoms with Crippen LogP contribution >= 0.6 is 0 Å². The van der Waals surface area contributed by atoms with Gasteiger partial charge in [0.1, 0.15) is 17.4 Å². The number of nitrogens with one attached hydrogen (secondary N) is 1. The topological polar surface area (TPSA) is 75.1 Å². The lowest BCUT2D eigenvalue weighted by molar-refractivity contribution is 0.00983. The van der Waals surface area contributed by atoms with Gasteiger partial charge >= 0.3 is 0 Å². The smallest absolute Gasteiger partial charge is 0.266 e. The van der Waals surface area contributed by atoms with E-state index in [1.807, 2.05) is 6.07 Å². The van der Waals surface area contributed by atoms with E-state index in [1.165, 1.54) is 6.07 Å². The van der Waals surface area contributed by atoms with E-state index in [-0.39, 0.29) is 18.3 Å². The molecule has 1 aromatic carbocycles. The van der Waals surface area contributed by atoms with Crippen molar-refractivity contribution < 1.29 is 13.9 Å². The Bertz CT molecular complexity index is 864. The minimum Gasteiger partial charge on any atom is -0.376 e. The summed E-state index contributed by atoms with van der Waals surface area (Å²) in [6.07, 6.45) is 2.10. The van der Waals surface area contributed by atoms with E-state index < -0.39 is 11.4 Å². The first-order chi connectivity index (χ1) is 12.1. The molecule has 1 unspecified atom stereocenters. The fourth-order valence-electron chi connectivity index (χ4n) is 2.94.